The van der Waals surface area contributed by atoms with Crippen LogP contribution in [0.1, 0.15) is 11.1 Å². The van der Waals surface area contributed by atoms with E-state index < -0.39 is 10.0 Å². The highest BCUT2D eigenvalue weighted by atomic mass is 32.2. The Morgan fingerprint density at radius 1 is 1.10 bits per heavy atom. The molecule has 1 aliphatic rings. The van der Waals surface area contributed by atoms with Gasteiger partial charge in [0.15, 0.2) is 0 Å². The Hall–Kier alpha value is -3.04. The van der Waals surface area contributed by atoms with Gasteiger partial charge >= 0.3 is 0 Å². The lowest BCUT2D eigenvalue weighted by Crippen LogP contribution is -2.50. The number of sulfonamides is 1. The molecule has 0 N–H and O–H groups in total. The van der Waals surface area contributed by atoms with Crippen LogP contribution < -0.4 is 0 Å². The molecule has 1 amide bonds. The van der Waals surface area contributed by atoms with Gasteiger partial charge in [0.05, 0.1) is 6.42 Å². The highest BCUT2D eigenvalue weighted by Crippen LogP contribution is 2.28. The van der Waals surface area contributed by atoms with Crippen LogP contribution in [-0.2, 0) is 28.3 Å². The van der Waals surface area contributed by atoms with Crippen LogP contribution in [-0.4, -0.2) is 64.5 Å². The summed E-state index contributed by atoms with van der Waals surface area (Å²) in [6.07, 6.45) is 5.08. The number of pyridine rings is 1. The monoisotopic (exact) mass is 439 g/mol. The minimum atomic E-state index is -3.75. The molecule has 0 radical (unpaired) electrons. The third kappa shape index (κ3) is 4.52. The number of hydrogen-bond donors (Lipinski definition) is 0. The summed E-state index contributed by atoms with van der Waals surface area (Å²) in [5, 5.41) is 4.35. The Balaban J connectivity index is 1.47. The summed E-state index contributed by atoms with van der Waals surface area (Å²) in [5.74, 6) is 0.0140. The molecule has 31 heavy (non-hydrogen) atoms. The fourth-order valence-electron chi connectivity index (χ4n) is 3.78. The average Bonchev–Trinajstić information content (AvgIpc) is 3.17. The first-order chi connectivity index (χ1) is 14.8. The number of piperazine rings is 1. The standard InChI is InChI=1S/C22H25N5O3S/c1-17-5-3-6-18(13-17)14-21(28)26-9-11-27(12-10-26)31(29,30)20-16-25(2)24-22(20)19-7-4-8-23-15-19/h3-8,13,15-16H,9-12,14H2,1-2H3. The minimum Gasteiger partial charge on any atom is -0.340 e. The van der Waals surface area contributed by atoms with E-state index in [4.69, 9.17) is 0 Å². The molecule has 0 unspecified atom stereocenters. The molecule has 0 bridgehead atoms. The molecule has 1 saturated heterocycles. The molecular weight excluding hydrogens is 414 g/mol. The van der Waals surface area contributed by atoms with Crippen molar-refractivity contribution in [2.75, 3.05) is 26.2 Å². The van der Waals surface area contributed by atoms with E-state index in [1.165, 1.54) is 15.2 Å². The minimum absolute atomic E-state index is 0.0140. The molecule has 3 heterocycles. The SMILES string of the molecule is Cc1cccc(CC(=O)N2CCN(S(=O)(=O)c3cn(C)nc3-c3cccnc3)CC2)c1. The normalized spacial score (nSPS) is 15.2. The molecule has 0 atom stereocenters. The molecule has 9 heteroatoms. The molecule has 4 rings (SSSR count). The lowest BCUT2D eigenvalue weighted by atomic mass is 10.1. The highest BCUT2D eigenvalue weighted by Gasteiger charge is 2.33. The third-order valence-electron chi connectivity index (χ3n) is 5.38. The van der Waals surface area contributed by atoms with Crippen molar-refractivity contribution >= 4 is 15.9 Å². The van der Waals surface area contributed by atoms with Gasteiger partial charge in [0, 0.05) is 57.4 Å². The fraction of sp³-hybridized carbons (Fsp3) is 0.318. The van der Waals surface area contributed by atoms with Crippen LogP contribution in [0.2, 0.25) is 0 Å². The molecule has 8 nitrogen and oxygen atoms in total. The van der Waals surface area contributed by atoms with Gasteiger partial charge in [-0.2, -0.15) is 9.40 Å². The van der Waals surface area contributed by atoms with Crippen molar-refractivity contribution in [3.63, 3.8) is 0 Å². The predicted octanol–water partition coefficient (Wildman–Crippen LogP) is 1.87. The molecule has 1 aliphatic heterocycles. The van der Waals surface area contributed by atoms with Crippen molar-refractivity contribution in [2.24, 2.45) is 7.05 Å². The quantitative estimate of drug-likeness (QED) is 0.606. The van der Waals surface area contributed by atoms with Crippen molar-refractivity contribution < 1.29 is 13.2 Å². The van der Waals surface area contributed by atoms with Crippen LogP contribution >= 0.6 is 0 Å². The van der Waals surface area contributed by atoms with Crippen LogP contribution in [0.3, 0.4) is 0 Å². The van der Waals surface area contributed by atoms with E-state index in [2.05, 4.69) is 10.1 Å². The number of aromatic nitrogens is 3. The Morgan fingerprint density at radius 2 is 1.87 bits per heavy atom. The first kappa shape index (κ1) is 21.2. The second kappa shape index (κ2) is 8.60. The van der Waals surface area contributed by atoms with Crippen molar-refractivity contribution in [1.29, 1.82) is 0 Å². The van der Waals surface area contributed by atoms with E-state index in [9.17, 15) is 13.2 Å². The van der Waals surface area contributed by atoms with Crippen LogP contribution in [0.5, 0.6) is 0 Å². The van der Waals surface area contributed by atoms with E-state index >= 15 is 0 Å². The smallest absolute Gasteiger partial charge is 0.246 e. The first-order valence-corrected chi connectivity index (χ1v) is 11.6. The van der Waals surface area contributed by atoms with Gasteiger partial charge in [0.1, 0.15) is 10.6 Å². The number of benzene rings is 1. The van der Waals surface area contributed by atoms with Crippen LogP contribution in [0, 0.1) is 6.92 Å². The number of rotatable bonds is 5. The lowest BCUT2D eigenvalue weighted by Gasteiger charge is -2.34. The average molecular weight is 440 g/mol. The number of aryl methyl sites for hydroxylation is 2. The second-order valence-electron chi connectivity index (χ2n) is 7.71. The molecule has 2 aromatic heterocycles. The number of hydrogen-bond acceptors (Lipinski definition) is 5. The molecule has 3 aromatic rings. The highest BCUT2D eigenvalue weighted by molar-refractivity contribution is 7.89. The summed E-state index contributed by atoms with van der Waals surface area (Å²) >= 11 is 0. The van der Waals surface area contributed by atoms with E-state index in [-0.39, 0.29) is 23.9 Å². The van der Waals surface area contributed by atoms with Gasteiger partial charge in [0.2, 0.25) is 15.9 Å². The second-order valence-corrected chi connectivity index (χ2v) is 9.61. The molecule has 0 spiro atoms. The lowest BCUT2D eigenvalue weighted by molar-refractivity contribution is -0.131. The van der Waals surface area contributed by atoms with Crippen molar-refractivity contribution in [3.8, 4) is 11.3 Å². The van der Waals surface area contributed by atoms with Crippen LogP contribution in [0.4, 0.5) is 0 Å². The zero-order valence-electron chi connectivity index (χ0n) is 17.6. The predicted molar refractivity (Wildman–Crippen MR) is 117 cm³/mol. The summed E-state index contributed by atoms with van der Waals surface area (Å²) in [6, 6.07) is 11.4. The molecule has 0 aliphatic carbocycles. The van der Waals surface area contributed by atoms with Gasteiger partial charge in [-0.15, -0.1) is 0 Å². The molecule has 162 valence electrons. The van der Waals surface area contributed by atoms with Crippen LogP contribution in [0.25, 0.3) is 11.3 Å². The topological polar surface area (TPSA) is 88.4 Å². The number of amides is 1. The van der Waals surface area contributed by atoms with Crippen molar-refractivity contribution in [1.82, 2.24) is 24.0 Å². The molecule has 1 fully saturated rings. The summed E-state index contributed by atoms with van der Waals surface area (Å²) in [4.78, 5) is 18.6. The third-order valence-corrected chi connectivity index (χ3v) is 7.28. The zero-order chi connectivity index (χ0) is 22.0. The Morgan fingerprint density at radius 3 is 2.55 bits per heavy atom. The number of carbonyl (C=O) groups excluding carboxylic acids is 1. The van der Waals surface area contributed by atoms with E-state index in [0.29, 0.717) is 30.8 Å². The van der Waals surface area contributed by atoms with E-state index in [0.717, 1.165) is 11.1 Å². The molecule has 0 saturated carbocycles. The van der Waals surface area contributed by atoms with Gasteiger partial charge < -0.3 is 4.90 Å². The van der Waals surface area contributed by atoms with Gasteiger partial charge in [0.25, 0.3) is 0 Å². The Kier molecular flexibility index (Phi) is 5.88. The molecule has 1 aromatic carbocycles. The zero-order valence-corrected chi connectivity index (χ0v) is 18.4. The van der Waals surface area contributed by atoms with E-state index in [1.807, 2.05) is 31.2 Å². The van der Waals surface area contributed by atoms with Crippen molar-refractivity contribution in [2.45, 2.75) is 18.2 Å². The van der Waals surface area contributed by atoms with E-state index in [1.54, 1.807) is 36.5 Å². The van der Waals surface area contributed by atoms with Gasteiger partial charge in [-0.1, -0.05) is 29.8 Å². The first-order valence-electron chi connectivity index (χ1n) is 10.1. The fourth-order valence-corrected chi connectivity index (χ4v) is 5.39. The summed E-state index contributed by atoms with van der Waals surface area (Å²) in [6.45, 7) is 3.24. The maximum atomic E-state index is 13.3. The molecular formula is C22H25N5O3S. The Labute approximate surface area is 182 Å². The largest absolute Gasteiger partial charge is 0.340 e. The van der Waals surface area contributed by atoms with Gasteiger partial charge in [-0.3, -0.25) is 14.5 Å². The summed E-state index contributed by atoms with van der Waals surface area (Å²) < 4.78 is 29.6. The number of nitrogens with zero attached hydrogens (tertiary/aromatic N) is 5. The maximum absolute atomic E-state index is 13.3. The van der Waals surface area contributed by atoms with Crippen molar-refractivity contribution in [3.05, 3.63) is 66.1 Å². The van der Waals surface area contributed by atoms with Gasteiger partial charge in [-0.25, -0.2) is 8.42 Å². The van der Waals surface area contributed by atoms with Gasteiger partial charge in [-0.05, 0) is 24.6 Å². The number of carbonyl (C=O) groups is 1. The summed E-state index contributed by atoms with van der Waals surface area (Å²) in [7, 11) is -2.05. The summed E-state index contributed by atoms with van der Waals surface area (Å²) in [5.41, 5.74) is 3.11. The van der Waals surface area contributed by atoms with Crippen LogP contribution in [0.15, 0.2) is 59.9 Å². The Bertz CT molecular complexity index is 1180. The maximum Gasteiger partial charge on any atom is 0.246 e.